The largest absolute Gasteiger partial charge is 0.341 e. The fourth-order valence-electron chi connectivity index (χ4n) is 1.15. The molecule has 4 amide bonds. The van der Waals surface area contributed by atoms with E-state index in [1.165, 1.54) is 32.8 Å². The molecule has 6 nitrogen and oxygen atoms in total. The number of imide groups is 1. The Kier molecular flexibility index (Phi) is 5.81. The summed E-state index contributed by atoms with van der Waals surface area (Å²) in [5.41, 5.74) is 0.435. The summed E-state index contributed by atoms with van der Waals surface area (Å²) < 4.78 is 0. The standard InChI is InChI=1S/C12H19N3O3/c1-8(2)10(16)15(11(17)9(3)4)7-14(6)12(18)13-5/h1,3,7H2,2,4-6H3,(H,13,18). The Labute approximate surface area is 107 Å². The van der Waals surface area contributed by atoms with Gasteiger partial charge in [0.25, 0.3) is 11.8 Å². The highest BCUT2D eigenvalue weighted by molar-refractivity contribution is 6.08. The Morgan fingerprint density at radius 1 is 1.06 bits per heavy atom. The normalized spacial score (nSPS) is 9.33. The van der Waals surface area contributed by atoms with Gasteiger partial charge in [0, 0.05) is 25.2 Å². The fourth-order valence-corrected chi connectivity index (χ4v) is 1.15. The van der Waals surface area contributed by atoms with Crippen LogP contribution in [0, 0.1) is 0 Å². The molecular formula is C12H19N3O3. The molecule has 0 aliphatic carbocycles. The molecule has 0 atom stereocenters. The van der Waals surface area contributed by atoms with E-state index in [0.717, 1.165) is 4.90 Å². The summed E-state index contributed by atoms with van der Waals surface area (Å²) in [4.78, 5) is 37.2. The first kappa shape index (κ1) is 15.9. The summed E-state index contributed by atoms with van der Waals surface area (Å²) in [5, 5.41) is 2.40. The van der Waals surface area contributed by atoms with E-state index in [4.69, 9.17) is 0 Å². The van der Waals surface area contributed by atoms with E-state index in [1.807, 2.05) is 0 Å². The van der Waals surface area contributed by atoms with E-state index in [9.17, 15) is 14.4 Å². The number of hydrogen-bond donors (Lipinski definition) is 1. The van der Waals surface area contributed by atoms with Gasteiger partial charge in [-0.25, -0.2) is 4.79 Å². The number of nitrogens with one attached hydrogen (secondary N) is 1. The third-order valence-corrected chi connectivity index (χ3v) is 2.13. The van der Waals surface area contributed by atoms with Crippen molar-refractivity contribution in [2.75, 3.05) is 20.8 Å². The maximum Gasteiger partial charge on any atom is 0.318 e. The molecule has 18 heavy (non-hydrogen) atoms. The van der Waals surface area contributed by atoms with Crippen LogP contribution >= 0.6 is 0 Å². The monoisotopic (exact) mass is 253 g/mol. The topological polar surface area (TPSA) is 69.7 Å². The second-order valence-corrected chi connectivity index (χ2v) is 3.99. The summed E-state index contributed by atoms with van der Waals surface area (Å²) in [6.45, 7) is 9.84. The summed E-state index contributed by atoms with van der Waals surface area (Å²) in [6, 6.07) is -0.399. The molecule has 0 fully saturated rings. The van der Waals surface area contributed by atoms with Crippen molar-refractivity contribution < 1.29 is 14.4 Å². The SMILES string of the molecule is C=C(C)C(=O)N(CN(C)C(=O)NC)C(=O)C(=C)C. The van der Waals surface area contributed by atoms with Crippen molar-refractivity contribution in [2.45, 2.75) is 13.8 Å². The van der Waals surface area contributed by atoms with Crippen LogP contribution < -0.4 is 5.32 Å². The molecule has 0 aromatic heterocycles. The first-order valence-electron chi connectivity index (χ1n) is 5.32. The van der Waals surface area contributed by atoms with Crippen LogP contribution in [0.25, 0.3) is 0 Å². The molecule has 0 saturated heterocycles. The van der Waals surface area contributed by atoms with E-state index in [1.54, 1.807) is 0 Å². The number of carbonyl (C=O) groups excluding carboxylic acids is 3. The van der Waals surface area contributed by atoms with E-state index in [2.05, 4.69) is 18.5 Å². The molecule has 0 aromatic rings. The predicted molar refractivity (Wildman–Crippen MR) is 68.6 cm³/mol. The third kappa shape index (κ3) is 4.04. The molecular weight excluding hydrogens is 234 g/mol. The lowest BCUT2D eigenvalue weighted by molar-refractivity contribution is -0.141. The minimum atomic E-state index is -0.529. The first-order chi connectivity index (χ1) is 8.22. The maximum atomic E-state index is 11.8. The molecule has 1 N–H and O–H groups in total. The Hall–Kier alpha value is -2.11. The number of carbonyl (C=O) groups is 3. The maximum absolute atomic E-state index is 11.8. The average Bonchev–Trinajstić information content (AvgIpc) is 2.32. The van der Waals surface area contributed by atoms with Crippen LogP contribution in [-0.2, 0) is 9.59 Å². The molecule has 0 aliphatic rings. The van der Waals surface area contributed by atoms with Gasteiger partial charge >= 0.3 is 6.03 Å². The van der Waals surface area contributed by atoms with Crippen molar-refractivity contribution in [2.24, 2.45) is 0 Å². The molecule has 0 aliphatic heterocycles. The van der Waals surface area contributed by atoms with Crippen LogP contribution in [0.3, 0.4) is 0 Å². The van der Waals surface area contributed by atoms with Gasteiger partial charge in [-0.15, -0.1) is 0 Å². The third-order valence-electron chi connectivity index (χ3n) is 2.13. The van der Waals surface area contributed by atoms with E-state index in [-0.39, 0.29) is 17.8 Å². The van der Waals surface area contributed by atoms with Crippen LogP contribution in [0.15, 0.2) is 24.3 Å². The minimum Gasteiger partial charge on any atom is -0.341 e. The van der Waals surface area contributed by atoms with Crippen molar-refractivity contribution in [1.29, 1.82) is 0 Å². The van der Waals surface area contributed by atoms with E-state index < -0.39 is 17.8 Å². The predicted octanol–water partition coefficient (Wildman–Crippen LogP) is 0.723. The van der Waals surface area contributed by atoms with Gasteiger partial charge in [0.05, 0.1) is 0 Å². The summed E-state index contributed by atoms with van der Waals surface area (Å²) in [6.07, 6.45) is 0. The lowest BCUT2D eigenvalue weighted by atomic mass is 10.2. The Morgan fingerprint density at radius 2 is 1.44 bits per heavy atom. The summed E-state index contributed by atoms with van der Waals surface area (Å²) >= 11 is 0. The Bertz CT molecular complexity index is 375. The average molecular weight is 253 g/mol. The molecule has 6 heteroatoms. The lowest BCUT2D eigenvalue weighted by Crippen LogP contribution is -2.48. The zero-order chi connectivity index (χ0) is 14.5. The molecule has 0 bridgehead atoms. The highest BCUT2D eigenvalue weighted by atomic mass is 16.2. The Morgan fingerprint density at radius 3 is 1.72 bits per heavy atom. The number of amides is 4. The van der Waals surface area contributed by atoms with Gasteiger partial charge in [-0.3, -0.25) is 14.5 Å². The molecule has 0 spiro atoms. The van der Waals surface area contributed by atoms with Gasteiger partial charge in [-0.2, -0.15) is 0 Å². The summed E-state index contributed by atoms with van der Waals surface area (Å²) in [7, 11) is 2.94. The van der Waals surface area contributed by atoms with Crippen molar-refractivity contribution in [3.8, 4) is 0 Å². The Balaban J connectivity index is 5.06. The van der Waals surface area contributed by atoms with E-state index in [0.29, 0.717) is 0 Å². The van der Waals surface area contributed by atoms with Gasteiger partial charge in [0.15, 0.2) is 0 Å². The molecule has 0 radical (unpaired) electrons. The molecule has 0 heterocycles. The molecule has 0 saturated carbocycles. The number of nitrogens with zero attached hydrogens (tertiary/aromatic N) is 2. The smallest absolute Gasteiger partial charge is 0.318 e. The van der Waals surface area contributed by atoms with Crippen molar-refractivity contribution in [3.05, 3.63) is 24.3 Å². The minimum absolute atomic E-state index is 0.156. The number of urea groups is 1. The van der Waals surface area contributed by atoms with E-state index >= 15 is 0 Å². The number of rotatable bonds is 4. The van der Waals surface area contributed by atoms with Crippen LogP contribution in [-0.4, -0.2) is 48.4 Å². The molecule has 0 rings (SSSR count). The van der Waals surface area contributed by atoms with Crippen LogP contribution in [0.4, 0.5) is 4.79 Å². The van der Waals surface area contributed by atoms with Crippen molar-refractivity contribution in [1.82, 2.24) is 15.1 Å². The van der Waals surface area contributed by atoms with Gasteiger partial charge in [-0.1, -0.05) is 13.2 Å². The lowest BCUT2D eigenvalue weighted by Gasteiger charge is -2.26. The fraction of sp³-hybridized carbons (Fsp3) is 0.417. The van der Waals surface area contributed by atoms with Gasteiger partial charge < -0.3 is 10.2 Å². The van der Waals surface area contributed by atoms with Crippen LogP contribution in [0.5, 0.6) is 0 Å². The van der Waals surface area contributed by atoms with Crippen molar-refractivity contribution >= 4 is 17.8 Å². The zero-order valence-electron chi connectivity index (χ0n) is 11.2. The first-order valence-corrected chi connectivity index (χ1v) is 5.32. The zero-order valence-corrected chi connectivity index (χ0v) is 11.2. The van der Waals surface area contributed by atoms with Crippen LogP contribution in [0.1, 0.15) is 13.8 Å². The molecule has 0 unspecified atom stereocenters. The van der Waals surface area contributed by atoms with Crippen molar-refractivity contribution in [3.63, 3.8) is 0 Å². The van der Waals surface area contributed by atoms with Crippen LogP contribution in [0.2, 0.25) is 0 Å². The second-order valence-electron chi connectivity index (χ2n) is 3.99. The van der Waals surface area contributed by atoms with Gasteiger partial charge in [0.1, 0.15) is 6.67 Å². The van der Waals surface area contributed by atoms with Gasteiger partial charge in [-0.05, 0) is 13.8 Å². The highest BCUT2D eigenvalue weighted by Crippen LogP contribution is 2.06. The van der Waals surface area contributed by atoms with Gasteiger partial charge in [0.2, 0.25) is 0 Å². The molecule has 100 valence electrons. The molecule has 0 aromatic carbocycles. The number of hydrogen-bond acceptors (Lipinski definition) is 3. The summed E-state index contributed by atoms with van der Waals surface area (Å²) in [5.74, 6) is -1.06. The highest BCUT2D eigenvalue weighted by Gasteiger charge is 2.24. The quantitative estimate of drug-likeness (QED) is 0.593. The second kappa shape index (κ2) is 6.58.